The number of hydrogen-bond acceptors (Lipinski definition) is 2. The molecule has 0 aromatic rings. The largest absolute Gasteiger partial charge is 0.380 e. The Morgan fingerprint density at radius 1 is 1.00 bits per heavy atom. The second-order valence-corrected chi connectivity index (χ2v) is 4.61. The van der Waals surface area contributed by atoms with Crippen molar-refractivity contribution in [2.45, 2.75) is 52.9 Å². The van der Waals surface area contributed by atoms with Crippen molar-refractivity contribution in [3.8, 4) is 0 Å². The molecule has 1 N–H and O–H groups in total. The van der Waals surface area contributed by atoms with Crippen molar-refractivity contribution >= 4 is 0 Å². The molecule has 0 saturated carbocycles. The number of nitrogens with one attached hydrogen (secondary N) is 1. The van der Waals surface area contributed by atoms with E-state index in [1.165, 1.54) is 32.1 Å². The van der Waals surface area contributed by atoms with Crippen LogP contribution in [-0.4, -0.2) is 26.3 Å². The van der Waals surface area contributed by atoms with Gasteiger partial charge in [0.15, 0.2) is 0 Å². The summed E-state index contributed by atoms with van der Waals surface area (Å²) in [6.45, 7) is 10.7. The van der Waals surface area contributed by atoms with Crippen LogP contribution in [0.4, 0.5) is 0 Å². The first kappa shape index (κ1) is 14.9. The van der Waals surface area contributed by atoms with Crippen LogP contribution >= 0.6 is 0 Å². The Labute approximate surface area is 95.8 Å². The van der Waals surface area contributed by atoms with E-state index in [2.05, 4.69) is 26.1 Å². The molecule has 0 spiro atoms. The minimum absolute atomic E-state index is 0.806. The predicted octanol–water partition coefficient (Wildman–Crippen LogP) is 3.22. The van der Waals surface area contributed by atoms with Crippen molar-refractivity contribution < 1.29 is 4.74 Å². The van der Waals surface area contributed by atoms with Gasteiger partial charge < -0.3 is 10.1 Å². The monoisotopic (exact) mass is 215 g/mol. The third-order valence-corrected chi connectivity index (χ3v) is 2.45. The highest BCUT2D eigenvalue weighted by atomic mass is 16.5. The van der Waals surface area contributed by atoms with E-state index in [4.69, 9.17) is 4.74 Å². The zero-order valence-electron chi connectivity index (χ0n) is 10.8. The Hall–Kier alpha value is -0.0800. The molecule has 0 unspecified atom stereocenters. The molecule has 15 heavy (non-hydrogen) atoms. The molecule has 0 aromatic heterocycles. The van der Waals surface area contributed by atoms with E-state index in [1.54, 1.807) is 0 Å². The number of unbranched alkanes of at least 4 members (excludes halogenated alkanes) is 2. The van der Waals surface area contributed by atoms with Gasteiger partial charge in [-0.3, -0.25) is 0 Å². The minimum Gasteiger partial charge on any atom is -0.380 e. The molecule has 0 rings (SSSR count). The highest BCUT2D eigenvalue weighted by molar-refractivity contribution is 4.48. The maximum atomic E-state index is 5.53. The van der Waals surface area contributed by atoms with E-state index < -0.39 is 0 Å². The lowest BCUT2D eigenvalue weighted by Crippen LogP contribution is -2.21. The van der Waals surface area contributed by atoms with Gasteiger partial charge in [0.05, 0.1) is 6.61 Å². The fraction of sp³-hybridized carbons (Fsp3) is 1.00. The molecule has 0 aromatic carbocycles. The fourth-order valence-electron chi connectivity index (χ4n) is 1.47. The van der Waals surface area contributed by atoms with Crippen LogP contribution in [0, 0.1) is 5.92 Å². The Morgan fingerprint density at radius 3 is 2.47 bits per heavy atom. The summed E-state index contributed by atoms with van der Waals surface area (Å²) in [4.78, 5) is 0. The first-order valence-electron chi connectivity index (χ1n) is 6.55. The molecular formula is C13H29NO. The average Bonchev–Trinajstić information content (AvgIpc) is 2.20. The van der Waals surface area contributed by atoms with E-state index in [1.807, 2.05) is 0 Å². The first-order chi connectivity index (χ1) is 7.27. The van der Waals surface area contributed by atoms with Crippen molar-refractivity contribution in [1.29, 1.82) is 0 Å². The summed E-state index contributed by atoms with van der Waals surface area (Å²) >= 11 is 0. The van der Waals surface area contributed by atoms with Crippen LogP contribution < -0.4 is 5.32 Å². The highest BCUT2D eigenvalue weighted by Crippen LogP contribution is 2.02. The third-order valence-electron chi connectivity index (χ3n) is 2.45. The number of rotatable bonds is 11. The lowest BCUT2D eigenvalue weighted by molar-refractivity contribution is 0.129. The van der Waals surface area contributed by atoms with Crippen LogP contribution in [0.5, 0.6) is 0 Å². The van der Waals surface area contributed by atoms with Crippen LogP contribution in [-0.2, 0) is 4.74 Å². The Bertz CT molecular complexity index is 115. The van der Waals surface area contributed by atoms with Crippen LogP contribution in [0.1, 0.15) is 52.9 Å². The van der Waals surface area contributed by atoms with Gasteiger partial charge in [-0.2, -0.15) is 0 Å². The first-order valence-corrected chi connectivity index (χ1v) is 6.55. The molecule has 0 heterocycles. The topological polar surface area (TPSA) is 21.3 Å². The molecule has 2 nitrogen and oxygen atoms in total. The van der Waals surface area contributed by atoms with Crippen molar-refractivity contribution in [3.05, 3.63) is 0 Å². The summed E-state index contributed by atoms with van der Waals surface area (Å²) in [5.41, 5.74) is 0. The standard InChI is InChI=1S/C13H29NO/c1-4-5-6-9-14-10-12-15-11-7-8-13(2)3/h13-14H,4-12H2,1-3H3. The van der Waals surface area contributed by atoms with Crippen LogP contribution in [0.3, 0.4) is 0 Å². The van der Waals surface area contributed by atoms with Gasteiger partial charge in [-0.25, -0.2) is 0 Å². The summed E-state index contributed by atoms with van der Waals surface area (Å²) in [6, 6.07) is 0. The summed E-state index contributed by atoms with van der Waals surface area (Å²) in [7, 11) is 0. The summed E-state index contributed by atoms with van der Waals surface area (Å²) in [5.74, 6) is 0.806. The lowest BCUT2D eigenvalue weighted by Gasteiger charge is -2.07. The number of hydrogen-bond donors (Lipinski definition) is 1. The van der Waals surface area contributed by atoms with Crippen molar-refractivity contribution in [2.24, 2.45) is 5.92 Å². The molecule has 0 atom stereocenters. The quantitative estimate of drug-likeness (QED) is 0.534. The van der Waals surface area contributed by atoms with Gasteiger partial charge in [0, 0.05) is 13.2 Å². The predicted molar refractivity (Wildman–Crippen MR) is 67.3 cm³/mol. The molecular weight excluding hydrogens is 186 g/mol. The minimum atomic E-state index is 0.806. The summed E-state index contributed by atoms with van der Waals surface area (Å²) in [6.07, 6.45) is 6.41. The second kappa shape index (κ2) is 12.0. The van der Waals surface area contributed by atoms with Gasteiger partial charge in [0.1, 0.15) is 0 Å². The third kappa shape index (κ3) is 13.9. The SMILES string of the molecule is CCCCCNCCOCCCC(C)C. The highest BCUT2D eigenvalue weighted by Gasteiger charge is 1.94. The number of ether oxygens (including phenoxy) is 1. The van der Waals surface area contributed by atoms with E-state index in [0.717, 1.165) is 32.2 Å². The zero-order chi connectivity index (χ0) is 11.4. The van der Waals surface area contributed by atoms with Crippen LogP contribution in [0.2, 0.25) is 0 Å². The van der Waals surface area contributed by atoms with Gasteiger partial charge in [0.25, 0.3) is 0 Å². The molecule has 0 saturated heterocycles. The fourth-order valence-corrected chi connectivity index (χ4v) is 1.47. The molecule has 2 heteroatoms. The molecule has 92 valence electrons. The normalized spacial score (nSPS) is 11.2. The molecule has 0 aliphatic heterocycles. The van der Waals surface area contributed by atoms with Crippen molar-refractivity contribution in [1.82, 2.24) is 5.32 Å². The molecule has 0 radical (unpaired) electrons. The van der Waals surface area contributed by atoms with Gasteiger partial charge in [-0.1, -0.05) is 33.6 Å². The van der Waals surface area contributed by atoms with Gasteiger partial charge in [0.2, 0.25) is 0 Å². The smallest absolute Gasteiger partial charge is 0.0590 e. The van der Waals surface area contributed by atoms with E-state index >= 15 is 0 Å². The average molecular weight is 215 g/mol. The molecule has 0 fully saturated rings. The van der Waals surface area contributed by atoms with Crippen LogP contribution in [0.15, 0.2) is 0 Å². The second-order valence-electron chi connectivity index (χ2n) is 4.61. The Morgan fingerprint density at radius 2 is 1.80 bits per heavy atom. The lowest BCUT2D eigenvalue weighted by atomic mass is 10.1. The Kier molecular flexibility index (Phi) is 11.9. The van der Waals surface area contributed by atoms with Gasteiger partial charge in [-0.15, -0.1) is 0 Å². The molecule has 0 amide bonds. The van der Waals surface area contributed by atoms with Gasteiger partial charge >= 0.3 is 0 Å². The maximum Gasteiger partial charge on any atom is 0.0590 e. The van der Waals surface area contributed by atoms with Crippen molar-refractivity contribution in [3.63, 3.8) is 0 Å². The van der Waals surface area contributed by atoms with E-state index in [-0.39, 0.29) is 0 Å². The molecule has 0 bridgehead atoms. The van der Waals surface area contributed by atoms with E-state index in [0.29, 0.717) is 0 Å². The van der Waals surface area contributed by atoms with Crippen LogP contribution in [0.25, 0.3) is 0 Å². The molecule has 0 aliphatic rings. The maximum absolute atomic E-state index is 5.53. The Balaban J connectivity index is 2.87. The summed E-state index contributed by atoms with van der Waals surface area (Å²) < 4.78 is 5.53. The van der Waals surface area contributed by atoms with E-state index in [9.17, 15) is 0 Å². The zero-order valence-corrected chi connectivity index (χ0v) is 10.8. The summed E-state index contributed by atoms with van der Waals surface area (Å²) in [5, 5.41) is 3.39. The van der Waals surface area contributed by atoms with Crippen molar-refractivity contribution in [2.75, 3.05) is 26.3 Å². The molecule has 0 aliphatic carbocycles. The van der Waals surface area contributed by atoms with Gasteiger partial charge in [-0.05, 0) is 31.7 Å².